The second-order valence-electron chi connectivity index (χ2n) is 3.96. The number of rotatable bonds is 1. The van der Waals surface area contributed by atoms with E-state index in [0.29, 0.717) is 5.57 Å². The predicted octanol–water partition coefficient (Wildman–Crippen LogP) is 3.34. The first kappa shape index (κ1) is 11.2. The van der Waals surface area contributed by atoms with Crippen LogP contribution in [-0.2, 0) is 4.79 Å². The zero-order valence-electron chi connectivity index (χ0n) is 9.35. The molecule has 0 atom stereocenters. The lowest BCUT2D eigenvalue weighted by Gasteiger charge is -1.99. The van der Waals surface area contributed by atoms with Gasteiger partial charge in [-0.15, -0.1) is 0 Å². The average molecular weight is 301 g/mol. The number of carbonyl (C=O) groups excluding carboxylic acids is 1. The van der Waals surface area contributed by atoms with Gasteiger partial charge in [0.15, 0.2) is 0 Å². The van der Waals surface area contributed by atoms with Crippen molar-refractivity contribution in [3.8, 4) is 0 Å². The Morgan fingerprint density at radius 1 is 1.22 bits per heavy atom. The van der Waals surface area contributed by atoms with Crippen molar-refractivity contribution in [3.05, 3.63) is 58.3 Å². The molecule has 18 heavy (non-hydrogen) atoms. The summed E-state index contributed by atoms with van der Waals surface area (Å²) in [4.78, 5) is 16.1. The third-order valence-electron chi connectivity index (χ3n) is 2.74. The molecule has 3 nitrogen and oxygen atoms in total. The number of fused-ring (bicyclic) bond motifs is 1. The van der Waals surface area contributed by atoms with Gasteiger partial charge in [-0.1, -0.05) is 22.0 Å². The van der Waals surface area contributed by atoms with E-state index in [9.17, 15) is 4.79 Å². The topological polar surface area (TPSA) is 42.0 Å². The lowest BCUT2D eigenvalue weighted by molar-refractivity contribution is -0.110. The molecule has 3 rings (SSSR count). The molecule has 0 aliphatic carbocycles. The summed E-state index contributed by atoms with van der Waals surface area (Å²) < 4.78 is 0.949. The van der Waals surface area contributed by atoms with E-state index in [4.69, 9.17) is 0 Å². The van der Waals surface area contributed by atoms with Crippen molar-refractivity contribution in [1.82, 2.24) is 4.98 Å². The third-order valence-corrected chi connectivity index (χ3v) is 3.24. The Hall–Kier alpha value is -1.94. The minimum Gasteiger partial charge on any atom is -0.321 e. The highest BCUT2D eigenvalue weighted by molar-refractivity contribution is 9.10. The summed E-state index contributed by atoms with van der Waals surface area (Å²) in [6.45, 7) is 0. The number of benzene rings is 1. The van der Waals surface area contributed by atoms with Crippen LogP contribution in [0.15, 0.2) is 47.1 Å². The standard InChI is InChI=1S/C14H9BrN2O/c15-9-4-5-13-11(7-9)12(14(18)17-13)8-10-3-1-2-6-16-10/h1-8H,(H,17,18)/b12-8+. The van der Waals surface area contributed by atoms with Gasteiger partial charge in [0.05, 0.1) is 11.3 Å². The minimum atomic E-state index is -0.0891. The second-order valence-corrected chi connectivity index (χ2v) is 4.87. The van der Waals surface area contributed by atoms with E-state index in [-0.39, 0.29) is 5.91 Å². The molecule has 1 aliphatic heterocycles. The first-order valence-corrected chi connectivity index (χ1v) is 6.27. The Morgan fingerprint density at radius 3 is 2.89 bits per heavy atom. The van der Waals surface area contributed by atoms with Gasteiger partial charge in [0.2, 0.25) is 0 Å². The number of nitrogens with one attached hydrogen (secondary N) is 1. The molecule has 0 unspecified atom stereocenters. The molecular weight excluding hydrogens is 292 g/mol. The minimum absolute atomic E-state index is 0.0891. The Labute approximate surface area is 113 Å². The number of anilines is 1. The maximum absolute atomic E-state index is 11.9. The molecule has 2 heterocycles. The summed E-state index contributed by atoms with van der Waals surface area (Å²) in [6.07, 6.45) is 3.51. The highest BCUT2D eigenvalue weighted by Gasteiger charge is 2.24. The molecule has 1 aromatic carbocycles. The number of pyridine rings is 1. The zero-order chi connectivity index (χ0) is 12.5. The highest BCUT2D eigenvalue weighted by atomic mass is 79.9. The zero-order valence-corrected chi connectivity index (χ0v) is 10.9. The maximum Gasteiger partial charge on any atom is 0.256 e. The quantitative estimate of drug-likeness (QED) is 0.821. The van der Waals surface area contributed by atoms with Crippen LogP contribution in [-0.4, -0.2) is 10.9 Å². The lowest BCUT2D eigenvalue weighted by atomic mass is 10.1. The molecule has 0 radical (unpaired) electrons. The molecule has 2 aromatic rings. The summed E-state index contributed by atoms with van der Waals surface area (Å²) in [5, 5.41) is 2.84. The summed E-state index contributed by atoms with van der Waals surface area (Å²) in [6, 6.07) is 11.3. The number of halogens is 1. The molecule has 0 spiro atoms. The molecule has 4 heteroatoms. The largest absolute Gasteiger partial charge is 0.321 e. The molecule has 0 fully saturated rings. The number of amides is 1. The summed E-state index contributed by atoms with van der Waals surface area (Å²) in [5.41, 5.74) is 3.16. The number of nitrogens with zero attached hydrogens (tertiary/aromatic N) is 1. The molecule has 88 valence electrons. The van der Waals surface area contributed by atoms with Crippen LogP contribution in [0.4, 0.5) is 5.69 Å². The van der Waals surface area contributed by atoms with E-state index in [1.807, 2.05) is 36.4 Å². The van der Waals surface area contributed by atoms with Gasteiger partial charge >= 0.3 is 0 Å². The smallest absolute Gasteiger partial charge is 0.256 e. The van der Waals surface area contributed by atoms with E-state index in [1.165, 1.54) is 0 Å². The Bertz CT molecular complexity index is 650. The van der Waals surface area contributed by atoms with Crippen molar-refractivity contribution < 1.29 is 4.79 Å². The molecular formula is C14H9BrN2O. The Balaban J connectivity index is 2.12. The maximum atomic E-state index is 11.9. The molecule has 0 saturated heterocycles. The van der Waals surface area contributed by atoms with Gasteiger partial charge < -0.3 is 5.32 Å². The van der Waals surface area contributed by atoms with Crippen molar-refractivity contribution in [3.63, 3.8) is 0 Å². The van der Waals surface area contributed by atoms with Gasteiger partial charge in [-0.25, -0.2) is 0 Å². The molecule has 0 saturated carbocycles. The van der Waals surface area contributed by atoms with E-state index < -0.39 is 0 Å². The van der Waals surface area contributed by atoms with Crippen LogP contribution in [0, 0.1) is 0 Å². The molecule has 1 aromatic heterocycles. The lowest BCUT2D eigenvalue weighted by Crippen LogP contribution is -2.03. The van der Waals surface area contributed by atoms with E-state index in [2.05, 4.69) is 26.2 Å². The van der Waals surface area contributed by atoms with E-state index in [0.717, 1.165) is 21.4 Å². The number of hydrogen-bond donors (Lipinski definition) is 1. The van der Waals surface area contributed by atoms with Gasteiger partial charge in [0.25, 0.3) is 5.91 Å². The summed E-state index contributed by atoms with van der Waals surface area (Å²) in [7, 11) is 0. The van der Waals surface area contributed by atoms with Crippen LogP contribution >= 0.6 is 15.9 Å². The van der Waals surface area contributed by atoms with Crippen molar-refractivity contribution in [2.75, 3.05) is 5.32 Å². The van der Waals surface area contributed by atoms with Crippen LogP contribution < -0.4 is 5.32 Å². The predicted molar refractivity (Wildman–Crippen MR) is 74.9 cm³/mol. The van der Waals surface area contributed by atoms with Crippen LogP contribution in [0.1, 0.15) is 11.3 Å². The molecule has 0 bridgehead atoms. The van der Waals surface area contributed by atoms with Crippen LogP contribution in [0.3, 0.4) is 0 Å². The first-order chi connectivity index (χ1) is 8.74. The van der Waals surface area contributed by atoms with Gasteiger partial charge in [0.1, 0.15) is 0 Å². The van der Waals surface area contributed by atoms with Gasteiger partial charge in [-0.3, -0.25) is 9.78 Å². The summed E-state index contributed by atoms with van der Waals surface area (Å²) in [5.74, 6) is -0.0891. The highest BCUT2D eigenvalue weighted by Crippen LogP contribution is 2.34. The van der Waals surface area contributed by atoms with Gasteiger partial charge in [-0.05, 0) is 36.4 Å². The van der Waals surface area contributed by atoms with Crippen molar-refractivity contribution in [1.29, 1.82) is 0 Å². The molecule has 1 N–H and O–H groups in total. The third kappa shape index (κ3) is 1.95. The fourth-order valence-corrected chi connectivity index (χ4v) is 2.27. The SMILES string of the molecule is O=C1Nc2ccc(Br)cc2/C1=C\c1ccccn1. The van der Waals surface area contributed by atoms with Crippen LogP contribution in [0.25, 0.3) is 11.6 Å². The van der Waals surface area contributed by atoms with Crippen LogP contribution in [0.2, 0.25) is 0 Å². The monoisotopic (exact) mass is 300 g/mol. The second kappa shape index (κ2) is 4.38. The first-order valence-electron chi connectivity index (χ1n) is 5.48. The number of hydrogen-bond acceptors (Lipinski definition) is 2. The van der Waals surface area contributed by atoms with E-state index in [1.54, 1.807) is 12.3 Å². The van der Waals surface area contributed by atoms with Crippen LogP contribution in [0.5, 0.6) is 0 Å². The normalized spacial score (nSPS) is 15.6. The average Bonchev–Trinajstić information content (AvgIpc) is 2.67. The Morgan fingerprint density at radius 2 is 2.11 bits per heavy atom. The van der Waals surface area contributed by atoms with Crippen molar-refractivity contribution in [2.45, 2.75) is 0 Å². The van der Waals surface area contributed by atoms with Crippen molar-refractivity contribution >= 4 is 39.2 Å². The van der Waals surface area contributed by atoms with Crippen molar-refractivity contribution in [2.24, 2.45) is 0 Å². The molecule has 1 amide bonds. The van der Waals surface area contributed by atoms with E-state index >= 15 is 0 Å². The Kier molecular flexibility index (Phi) is 2.72. The number of aromatic nitrogens is 1. The van der Waals surface area contributed by atoms with Gasteiger partial charge in [-0.2, -0.15) is 0 Å². The molecule has 1 aliphatic rings. The van der Waals surface area contributed by atoms with Gasteiger partial charge in [0, 0.05) is 21.9 Å². The summed E-state index contributed by atoms with van der Waals surface area (Å²) >= 11 is 3.42. The fourth-order valence-electron chi connectivity index (χ4n) is 1.91. The fraction of sp³-hybridized carbons (Fsp3) is 0. The number of carbonyl (C=O) groups is 1.